The predicted molar refractivity (Wildman–Crippen MR) is 60.8 cm³/mol. The Bertz CT molecular complexity index is 356. The summed E-state index contributed by atoms with van der Waals surface area (Å²) in [4.78, 5) is 0. The summed E-state index contributed by atoms with van der Waals surface area (Å²) in [6.45, 7) is 1.95. The van der Waals surface area contributed by atoms with Crippen molar-refractivity contribution < 1.29 is 14.2 Å². The maximum absolute atomic E-state index is 5.31. The third kappa shape index (κ3) is 2.24. The minimum Gasteiger partial charge on any atom is -0.493 e. The average Bonchev–Trinajstić information content (AvgIpc) is 2.28. The van der Waals surface area contributed by atoms with E-state index in [2.05, 4.69) is 0 Å². The first-order valence-corrected chi connectivity index (χ1v) is 4.70. The van der Waals surface area contributed by atoms with Gasteiger partial charge in [-0.3, -0.25) is 0 Å². The van der Waals surface area contributed by atoms with Gasteiger partial charge >= 0.3 is 0 Å². The average molecular weight is 208 g/mol. The topological polar surface area (TPSA) is 27.7 Å². The Morgan fingerprint density at radius 1 is 0.933 bits per heavy atom. The van der Waals surface area contributed by atoms with Gasteiger partial charge in [-0.25, -0.2) is 0 Å². The summed E-state index contributed by atoms with van der Waals surface area (Å²) in [5.74, 6) is 1.98. The normalized spacial score (nSPS) is 10.4. The Morgan fingerprint density at radius 2 is 1.60 bits per heavy atom. The van der Waals surface area contributed by atoms with Crippen LogP contribution in [0.4, 0.5) is 0 Å². The van der Waals surface area contributed by atoms with E-state index in [0.717, 1.165) is 5.56 Å². The number of ether oxygens (including phenoxy) is 3. The van der Waals surface area contributed by atoms with E-state index in [4.69, 9.17) is 14.2 Å². The van der Waals surface area contributed by atoms with Crippen molar-refractivity contribution in [1.29, 1.82) is 0 Å². The first kappa shape index (κ1) is 11.4. The van der Waals surface area contributed by atoms with Gasteiger partial charge < -0.3 is 14.2 Å². The second-order valence-corrected chi connectivity index (χ2v) is 2.92. The Hall–Kier alpha value is -1.64. The van der Waals surface area contributed by atoms with Gasteiger partial charge in [0.25, 0.3) is 0 Å². The predicted octanol–water partition coefficient (Wildman–Crippen LogP) is 2.75. The fraction of sp³-hybridized carbons (Fsp3) is 0.333. The number of benzene rings is 1. The summed E-state index contributed by atoms with van der Waals surface area (Å²) >= 11 is 0. The smallest absolute Gasteiger partial charge is 0.203 e. The molecule has 3 nitrogen and oxygen atoms in total. The van der Waals surface area contributed by atoms with Crippen LogP contribution in [0, 0.1) is 0 Å². The molecule has 0 heterocycles. The van der Waals surface area contributed by atoms with Crippen LogP contribution in [0.25, 0.3) is 6.08 Å². The second kappa shape index (κ2) is 5.29. The number of allylic oxidation sites excluding steroid dienone is 1. The molecule has 0 saturated heterocycles. The van der Waals surface area contributed by atoms with Gasteiger partial charge in [0.05, 0.1) is 21.3 Å². The van der Waals surface area contributed by atoms with E-state index in [0.29, 0.717) is 17.2 Å². The molecule has 0 spiro atoms. The van der Waals surface area contributed by atoms with Crippen LogP contribution in [0.3, 0.4) is 0 Å². The second-order valence-electron chi connectivity index (χ2n) is 2.92. The molecule has 0 aliphatic rings. The van der Waals surface area contributed by atoms with Crippen LogP contribution in [-0.2, 0) is 0 Å². The fourth-order valence-electron chi connectivity index (χ4n) is 1.44. The minimum absolute atomic E-state index is 0.621. The van der Waals surface area contributed by atoms with Crippen molar-refractivity contribution in [2.75, 3.05) is 21.3 Å². The van der Waals surface area contributed by atoms with Crippen LogP contribution < -0.4 is 14.2 Å². The first-order valence-electron chi connectivity index (χ1n) is 4.70. The van der Waals surface area contributed by atoms with Gasteiger partial charge in [-0.2, -0.15) is 0 Å². The van der Waals surface area contributed by atoms with E-state index in [1.54, 1.807) is 21.3 Å². The fourth-order valence-corrected chi connectivity index (χ4v) is 1.44. The molecule has 0 amide bonds. The molecule has 0 bridgehead atoms. The SMILES string of the molecule is C/C=C\c1ccc(OC)c(OC)c1OC. The third-order valence-corrected chi connectivity index (χ3v) is 2.08. The first-order chi connectivity index (χ1) is 7.28. The molecule has 0 aliphatic carbocycles. The molecular weight excluding hydrogens is 192 g/mol. The van der Waals surface area contributed by atoms with Crippen LogP contribution in [0.5, 0.6) is 17.2 Å². The van der Waals surface area contributed by atoms with Crippen LogP contribution in [0.2, 0.25) is 0 Å². The monoisotopic (exact) mass is 208 g/mol. The molecule has 0 aliphatic heterocycles. The van der Waals surface area contributed by atoms with Gasteiger partial charge in [0.1, 0.15) is 0 Å². The molecule has 0 saturated carbocycles. The molecule has 3 heteroatoms. The number of rotatable bonds is 4. The van der Waals surface area contributed by atoms with Gasteiger partial charge in [0, 0.05) is 5.56 Å². The van der Waals surface area contributed by atoms with Crippen molar-refractivity contribution in [3.8, 4) is 17.2 Å². The van der Waals surface area contributed by atoms with E-state index in [1.807, 2.05) is 31.2 Å². The van der Waals surface area contributed by atoms with Gasteiger partial charge in [-0.15, -0.1) is 0 Å². The van der Waals surface area contributed by atoms with Crippen LogP contribution in [-0.4, -0.2) is 21.3 Å². The molecule has 15 heavy (non-hydrogen) atoms. The van der Waals surface area contributed by atoms with Gasteiger partial charge in [-0.1, -0.05) is 12.2 Å². The summed E-state index contributed by atoms with van der Waals surface area (Å²) in [6, 6.07) is 3.79. The molecule has 0 aromatic heterocycles. The molecule has 1 rings (SSSR count). The largest absolute Gasteiger partial charge is 0.493 e. The van der Waals surface area contributed by atoms with E-state index in [-0.39, 0.29) is 0 Å². The summed E-state index contributed by atoms with van der Waals surface area (Å²) < 4.78 is 15.8. The van der Waals surface area contributed by atoms with E-state index >= 15 is 0 Å². The zero-order valence-corrected chi connectivity index (χ0v) is 9.53. The van der Waals surface area contributed by atoms with Crippen molar-refractivity contribution >= 4 is 6.08 Å². The Morgan fingerprint density at radius 3 is 2.07 bits per heavy atom. The lowest BCUT2D eigenvalue weighted by Gasteiger charge is -2.13. The summed E-state index contributed by atoms with van der Waals surface area (Å²) in [5.41, 5.74) is 0.970. The molecule has 0 unspecified atom stereocenters. The Labute approximate surface area is 90.3 Å². The molecule has 0 atom stereocenters. The van der Waals surface area contributed by atoms with Crippen molar-refractivity contribution in [2.24, 2.45) is 0 Å². The van der Waals surface area contributed by atoms with Crippen molar-refractivity contribution in [2.45, 2.75) is 6.92 Å². The zero-order valence-electron chi connectivity index (χ0n) is 9.53. The van der Waals surface area contributed by atoms with Gasteiger partial charge in [0.2, 0.25) is 5.75 Å². The maximum atomic E-state index is 5.31. The van der Waals surface area contributed by atoms with Crippen molar-refractivity contribution in [3.63, 3.8) is 0 Å². The van der Waals surface area contributed by atoms with E-state index < -0.39 is 0 Å². The molecule has 82 valence electrons. The zero-order chi connectivity index (χ0) is 11.3. The van der Waals surface area contributed by atoms with Crippen LogP contribution in [0.1, 0.15) is 12.5 Å². The van der Waals surface area contributed by atoms with E-state index in [9.17, 15) is 0 Å². The summed E-state index contributed by atoms with van der Waals surface area (Å²) in [6.07, 6.45) is 3.91. The Balaban J connectivity index is 3.33. The minimum atomic E-state index is 0.621. The summed E-state index contributed by atoms with van der Waals surface area (Å²) in [5, 5.41) is 0. The van der Waals surface area contributed by atoms with Crippen molar-refractivity contribution in [1.82, 2.24) is 0 Å². The number of methoxy groups -OCH3 is 3. The quantitative estimate of drug-likeness (QED) is 0.761. The third-order valence-electron chi connectivity index (χ3n) is 2.08. The number of hydrogen-bond donors (Lipinski definition) is 0. The van der Waals surface area contributed by atoms with E-state index in [1.165, 1.54) is 0 Å². The lowest BCUT2D eigenvalue weighted by molar-refractivity contribution is 0.324. The highest BCUT2D eigenvalue weighted by atomic mass is 16.5. The maximum Gasteiger partial charge on any atom is 0.203 e. The lowest BCUT2D eigenvalue weighted by atomic mass is 10.1. The molecule has 0 radical (unpaired) electrons. The molecule has 1 aromatic rings. The molecule has 0 N–H and O–H groups in total. The molecule has 0 fully saturated rings. The Kier molecular flexibility index (Phi) is 4.03. The van der Waals surface area contributed by atoms with Crippen molar-refractivity contribution in [3.05, 3.63) is 23.8 Å². The highest BCUT2D eigenvalue weighted by Gasteiger charge is 2.13. The summed E-state index contributed by atoms with van der Waals surface area (Å²) in [7, 11) is 4.82. The highest BCUT2D eigenvalue weighted by molar-refractivity contribution is 5.66. The molecule has 1 aromatic carbocycles. The van der Waals surface area contributed by atoms with Gasteiger partial charge in [0.15, 0.2) is 11.5 Å². The van der Waals surface area contributed by atoms with Crippen LogP contribution >= 0.6 is 0 Å². The molecular formula is C12H16O3. The standard InChI is InChI=1S/C12H16O3/c1-5-6-9-7-8-10(13-2)12(15-4)11(9)14-3/h5-8H,1-4H3/b6-5-. The van der Waals surface area contributed by atoms with Crippen LogP contribution in [0.15, 0.2) is 18.2 Å². The highest BCUT2D eigenvalue weighted by Crippen LogP contribution is 2.40. The van der Waals surface area contributed by atoms with Gasteiger partial charge in [-0.05, 0) is 19.1 Å². The number of hydrogen-bond acceptors (Lipinski definition) is 3. The lowest BCUT2D eigenvalue weighted by Crippen LogP contribution is -1.96.